The lowest BCUT2D eigenvalue weighted by molar-refractivity contribution is -0.123. The molecule has 1 aromatic rings. The van der Waals surface area contributed by atoms with Crippen LogP contribution in [0.5, 0.6) is 0 Å². The van der Waals surface area contributed by atoms with Gasteiger partial charge >= 0.3 is 5.97 Å². The smallest absolute Gasteiger partial charge is 0.338 e. The van der Waals surface area contributed by atoms with E-state index in [1.807, 2.05) is 26.0 Å². The summed E-state index contributed by atoms with van der Waals surface area (Å²) < 4.78 is 5.33. The molecular formula is C14H18BrNO3. The Labute approximate surface area is 121 Å². The van der Waals surface area contributed by atoms with Gasteiger partial charge in [0.25, 0.3) is 0 Å². The average Bonchev–Trinajstić information content (AvgIpc) is 2.34. The lowest BCUT2D eigenvalue weighted by Gasteiger charge is -2.17. The minimum absolute atomic E-state index is 0.177. The standard InChI is InChI=1S/C14H18BrNO3/c1-8(2)11(13(16)17)6-9-4-5-10(12(15)7-9)14(18)19-3/h4-5,7-8,11H,6H2,1-3H3,(H2,16,17). The van der Waals surface area contributed by atoms with E-state index in [0.717, 1.165) is 5.56 Å². The van der Waals surface area contributed by atoms with Crippen LogP contribution in [0, 0.1) is 11.8 Å². The van der Waals surface area contributed by atoms with Crippen LogP contribution in [0.25, 0.3) is 0 Å². The fraction of sp³-hybridized carbons (Fsp3) is 0.429. The number of hydrogen-bond acceptors (Lipinski definition) is 3. The lowest BCUT2D eigenvalue weighted by Crippen LogP contribution is -2.29. The van der Waals surface area contributed by atoms with Gasteiger partial charge in [-0.15, -0.1) is 0 Å². The van der Waals surface area contributed by atoms with Crippen molar-refractivity contribution in [2.75, 3.05) is 7.11 Å². The van der Waals surface area contributed by atoms with Crippen LogP contribution in [0.4, 0.5) is 0 Å². The van der Waals surface area contributed by atoms with Gasteiger partial charge in [0, 0.05) is 10.4 Å². The number of methoxy groups -OCH3 is 1. The highest BCUT2D eigenvalue weighted by atomic mass is 79.9. The minimum Gasteiger partial charge on any atom is -0.465 e. The molecule has 0 saturated carbocycles. The van der Waals surface area contributed by atoms with Crippen LogP contribution >= 0.6 is 15.9 Å². The summed E-state index contributed by atoms with van der Waals surface area (Å²) in [5, 5.41) is 0. The molecular weight excluding hydrogens is 310 g/mol. The van der Waals surface area contributed by atoms with E-state index in [2.05, 4.69) is 20.7 Å². The molecule has 19 heavy (non-hydrogen) atoms. The number of nitrogens with two attached hydrogens (primary N) is 1. The van der Waals surface area contributed by atoms with Gasteiger partial charge in [0.05, 0.1) is 12.7 Å². The molecule has 1 atom stereocenters. The molecule has 1 amide bonds. The van der Waals surface area contributed by atoms with Crippen LogP contribution < -0.4 is 5.73 Å². The zero-order chi connectivity index (χ0) is 14.6. The molecule has 0 aromatic heterocycles. The molecule has 104 valence electrons. The molecule has 0 radical (unpaired) electrons. The van der Waals surface area contributed by atoms with Crippen molar-refractivity contribution in [3.63, 3.8) is 0 Å². The maximum absolute atomic E-state index is 11.5. The van der Waals surface area contributed by atoms with Gasteiger partial charge in [-0.2, -0.15) is 0 Å². The van der Waals surface area contributed by atoms with Crippen LogP contribution in [0.15, 0.2) is 22.7 Å². The Morgan fingerprint density at radius 1 is 1.37 bits per heavy atom. The van der Waals surface area contributed by atoms with E-state index in [-0.39, 0.29) is 17.7 Å². The van der Waals surface area contributed by atoms with Gasteiger partial charge in [0.1, 0.15) is 0 Å². The third kappa shape index (κ3) is 4.06. The van der Waals surface area contributed by atoms with Crippen molar-refractivity contribution >= 4 is 27.8 Å². The first-order valence-electron chi connectivity index (χ1n) is 6.02. The minimum atomic E-state index is -0.395. The summed E-state index contributed by atoms with van der Waals surface area (Å²) in [7, 11) is 1.34. The molecule has 0 bridgehead atoms. The van der Waals surface area contributed by atoms with Crippen LogP contribution in [0.1, 0.15) is 29.8 Å². The quantitative estimate of drug-likeness (QED) is 0.845. The van der Waals surface area contributed by atoms with Gasteiger partial charge in [-0.1, -0.05) is 19.9 Å². The highest BCUT2D eigenvalue weighted by Gasteiger charge is 2.20. The largest absolute Gasteiger partial charge is 0.465 e. The van der Waals surface area contributed by atoms with Gasteiger partial charge < -0.3 is 10.5 Å². The number of benzene rings is 1. The van der Waals surface area contributed by atoms with Gasteiger partial charge in [0.15, 0.2) is 0 Å². The van der Waals surface area contributed by atoms with Gasteiger partial charge in [-0.25, -0.2) is 4.79 Å². The van der Waals surface area contributed by atoms with E-state index in [1.165, 1.54) is 7.11 Å². The first-order chi connectivity index (χ1) is 8.86. The number of ether oxygens (including phenoxy) is 1. The number of carbonyl (C=O) groups excluding carboxylic acids is 2. The van der Waals surface area contributed by atoms with Crippen molar-refractivity contribution in [1.29, 1.82) is 0 Å². The van der Waals surface area contributed by atoms with Crippen LogP contribution in [-0.4, -0.2) is 19.0 Å². The van der Waals surface area contributed by atoms with Crippen molar-refractivity contribution in [3.8, 4) is 0 Å². The molecule has 4 nitrogen and oxygen atoms in total. The molecule has 1 aromatic carbocycles. The van der Waals surface area contributed by atoms with Gasteiger partial charge in [-0.05, 0) is 46.0 Å². The Bertz CT molecular complexity index is 486. The molecule has 0 fully saturated rings. The second-order valence-electron chi connectivity index (χ2n) is 4.76. The zero-order valence-electron chi connectivity index (χ0n) is 11.3. The van der Waals surface area contributed by atoms with Crippen molar-refractivity contribution < 1.29 is 14.3 Å². The van der Waals surface area contributed by atoms with Crippen molar-refractivity contribution in [3.05, 3.63) is 33.8 Å². The number of hydrogen-bond donors (Lipinski definition) is 1. The van der Waals surface area contributed by atoms with Crippen molar-refractivity contribution in [1.82, 2.24) is 0 Å². The molecule has 5 heteroatoms. The number of halogens is 1. The Hall–Kier alpha value is -1.36. The van der Waals surface area contributed by atoms with E-state index in [4.69, 9.17) is 5.73 Å². The first-order valence-corrected chi connectivity index (χ1v) is 6.82. The second kappa shape index (κ2) is 6.70. The molecule has 2 N–H and O–H groups in total. The summed E-state index contributed by atoms with van der Waals surface area (Å²) >= 11 is 3.34. The van der Waals surface area contributed by atoms with Gasteiger partial charge in [0.2, 0.25) is 5.91 Å². The lowest BCUT2D eigenvalue weighted by atomic mass is 9.88. The molecule has 0 saturated heterocycles. The fourth-order valence-electron chi connectivity index (χ4n) is 1.88. The normalized spacial score (nSPS) is 12.3. The predicted octanol–water partition coefficient (Wildman–Crippen LogP) is 2.54. The Morgan fingerprint density at radius 2 is 2.00 bits per heavy atom. The second-order valence-corrected chi connectivity index (χ2v) is 5.62. The summed E-state index contributed by atoms with van der Waals surface area (Å²) in [6.07, 6.45) is 0.563. The number of amides is 1. The monoisotopic (exact) mass is 327 g/mol. The van der Waals surface area contributed by atoms with Gasteiger partial charge in [-0.3, -0.25) is 4.79 Å². The third-order valence-corrected chi connectivity index (χ3v) is 3.72. The maximum Gasteiger partial charge on any atom is 0.338 e. The Morgan fingerprint density at radius 3 is 2.42 bits per heavy atom. The number of carbonyl (C=O) groups is 2. The number of esters is 1. The third-order valence-electron chi connectivity index (χ3n) is 3.06. The summed E-state index contributed by atoms with van der Waals surface area (Å²) in [5.41, 5.74) is 6.82. The van der Waals surface area contributed by atoms with Crippen LogP contribution in [0.2, 0.25) is 0 Å². The van der Waals surface area contributed by atoms with Crippen LogP contribution in [0.3, 0.4) is 0 Å². The van der Waals surface area contributed by atoms with E-state index in [9.17, 15) is 9.59 Å². The van der Waals surface area contributed by atoms with E-state index < -0.39 is 5.97 Å². The summed E-state index contributed by atoms with van der Waals surface area (Å²) in [6, 6.07) is 5.32. The molecule has 0 spiro atoms. The Kier molecular flexibility index (Phi) is 5.54. The van der Waals surface area contributed by atoms with Crippen molar-refractivity contribution in [2.24, 2.45) is 17.6 Å². The number of rotatable bonds is 5. The fourth-order valence-corrected chi connectivity index (χ4v) is 2.47. The molecule has 1 rings (SSSR count). The summed E-state index contributed by atoms with van der Waals surface area (Å²) in [4.78, 5) is 22.8. The van der Waals surface area contributed by atoms with Crippen LogP contribution in [-0.2, 0) is 16.0 Å². The molecule has 0 heterocycles. The highest BCUT2D eigenvalue weighted by Crippen LogP contribution is 2.23. The number of primary amides is 1. The Balaban J connectivity index is 2.95. The molecule has 1 unspecified atom stereocenters. The summed E-state index contributed by atoms with van der Waals surface area (Å²) in [5.74, 6) is -0.732. The summed E-state index contributed by atoms with van der Waals surface area (Å²) in [6.45, 7) is 3.93. The van der Waals surface area contributed by atoms with E-state index in [0.29, 0.717) is 16.5 Å². The average molecular weight is 328 g/mol. The topological polar surface area (TPSA) is 69.4 Å². The zero-order valence-corrected chi connectivity index (χ0v) is 12.9. The highest BCUT2D eigenvalue weighted by molar-refractivity contribution is 9.10. The van der Waals surface area contributed by atoms with E-state index >= 15 is 0 Å². The predicted molar refractivity (Wildman–Crippen MR) is 76.7 cm³/mol. The SMILES string of the molecule is COC(=O)c1ccc(CC(C(N)=O)C(C)C)cc1Br. The molecule has 0 aliphatic carbocycles. The molecule has 0 aliphatic heterocycles. The van der Waals surface area contributed by atoms with Crippen molar-refractivity contribution in [2.45, 2.75) is 20.3 Å². The first kappa shape index (κ1) is 15.7. The molecule has 0 aliphatic rings. The van der Waals surface area contributed by atoms with E-state index in [1.54, 1.807) is 6.07 Å². The maximum atomic E-state index is 11.5.